The quantitative estimate of drug-likeness (QED) is 0.292. The summed E-state index contributed by atoms with van der Waals surface area (Å²) in [7, 11) is 0. The van der Waals surface area contributed by atoms with E-state index in [1.54, 1.807) is 22.7 Å². The van der Waals surface area contributed by atoms with Crippen molar-refractivity contribution in [3.8, 4) is 26.1 Å². The van der Waals surface area contributed by atoms with E-state index in [1.165, 1.54) is 22.6 Å². The highest BCUT2D eigenvalue weighted by Crippen LogP contribution is 2.39. The number of aryl methyl sites for hydroxylation is 3. The zero-order valence-electron chi connectivity index (χ0n) is 19.7. The summed E-state index contributed by atoms with van der Waals surface area (Å²) in [5.74, 6) is 1.47. The zero-order chi connectivity index (χ0) is 23.5. The number of benzene rings is 1. The number of thiophene rings is 1. The number of thiazole rings is 1. The van der Waals surface area contributed by atoms with Crippen molar-refractivity contribution in [2.24, 2.45) is 0 Å². The molecular formula is C26H29N5OS2. The minimum atomic E-state index is 0.585. The van der Waals surface area contributed by atoms with Crippen molar-refractivity contribution >= 4 is 34.3 Å². The first-order valence-corrected chi connectivity index (χ1v) is 13.3. The lowest BCUT2D eigenvalue weighted by molar-refractivity contribution is 0.292. The van der Waals surface area contributed by atoms with Gasteiger partial charge in [0.15, 0.2) is 0 Å². The van der Waals surface area contributed by atoms with Gasteiger partial charge in [-0.05, 0) is 88.5 Å². The predicted molar refractivity (Wildman–Crippen MR) is 142 cm³/mol. The van der Waals surface area contributed by atoms with Gasteiger partial charge < -0.3 is 15.4 Å². The monoisotopic (exact) mass is 491 g/mol. The van der Waals surface area contributed by atoms with Crippen LogP contribution in [0.1, 0.15) is 35.5 Å². The van der Waals surface area contributed by atoms with E-state index in [9.17, 15) is 0 Å². The van der Waals surface area contributed by atoms with Crippen LogP contribution in [-0.4, -0.2) is 34.1 Å². The molecule has 1 saturated heterocycles. The van der Waals surface area contributed by atoms with Crippen LogP contribution in [0.25, 0.3) is 20.3 Å². The van der Waals surface area contributed by atoms with E-state index in [-0.39, 0.29) is 0 Å². The second kappa shape index (κ2) is 10.2. The van der Waals surface area contributed by atoms with Crippen molar-refractivity contribution in [1.29, 1.82) is 0 Å². The Morgan fingerprint density at radius 1 is 1.03 bits per heavy atom. The molecule has 1 fully saturated rings. The van der Waals surface area contributed by atoms with Crippen LogP contribution in [0.15, 0.2) is 42.6 Å². The summed E-state index contributed by atoms with van der Waals surface area (Å²) < 4.78 is 5.91. The van der Waals surface area contributed by atoms with Crippen molar-refractivity contribution in [3.05, 3.63) is 58.9 Å². The largest absolute Gasteiger partial charge is 0.494 e. The van der Waals surface area contributed by atoms with Gasteiger partial charge in [-0.25, -0.2) is 15.0 Å². The lowest BCUT2D eigenvalue weighted by Gasteiger charge is -2.12. The molecule has 4 aromatic rings. The van der Waals surface area contributed by atoms with Crippen LogP contribution in [0.4, 0.5) is 11.6 Å². The average Bonchev–Trinajstić information content (AvgIpc) is 3.58. The Labute approximate surface area is 208 Å². The smallest absolute Gasteiger partial charge is 0.227 e. The number of nitrogens with one attached hydrogen (secondary N) is 2. The molecule has 0 saturated carbocycles. The van der Waals surface area contributed by atoms with Crippen LogP contribution in [0.5, 0.6) is 5.75 Å². The van der Waals surface area contributed by atoms with Crippen LogP contribution < -0.4 is 15.4 Å². The van der Waals surface area contributed by atoms with Gasteiger partial charge in [0.25, 0.3) is 0 Å². The number of rotatable bonds is 8. The molecule has 1 aromatic carbocycles. The van der Waals surface area contributed by atoms with Crippen molar-refractivity contribution in [3.63, 3.8) is 0 Å². The normalized spacial score (nSPS) is 15.6. The second-order valence-electron chi connectivity index (χ2n) is 8.62. The molecule has 1 aliphatic rings. The fourth-order valence-electron chi connectivity index (χ4n) is 4.18. The Hall–Kier alpha value is -2.81. The van der Waals surface area contributed by atoms with Crippen molar-refractivity contribution in [1.82, 2.24) is 20.3 Å². The third-order valence-corrected chi connectivity index (χ3v) is 8.29. The van der Waals surface area contributed by atoms with E-state index in [0.717, 1.165) is 57.8 Å². The molecule has 1 atom stereocenters. The van der Waals surface area contributed by atoms with E-state index < -0.39 is 0 Å². The maximum absolute atomic E-state index is 5.91. The maximum Gasteiger partial charge on any atom is 0.227 e. The summed E-state index contributed by atoms with van der Waals surface area (Å²) in [6, 6.07) is 12.9. The molecule has 5 rings (SSSR count). The molecule has 1 aliphatic heterocycles. The van der Waals surface area contributed by atoms with Gasteiger partial charge in [0.1, 0.15) is 5.75 Å². The lowest BCUT2D eigenvalue weighted by atomic mass is 10.2. The minimum Gasteiger partial charge on any atom is -0.494 e. The summed E-state index contributed by atoms with van der Waals surface area (Å²) in [5, 5.41) is 7.93. The highest BCUT2D eigenvalue weighted by molar-refractivity contribution is 7.23. The Morgan fingerprint density at radius 2 is 1.85 bits per heavy atom. The van der Waals surface area contributed by atoms with Crippen LogP contribution in [0.2, 0.25) is 0 Å². The van der Waals surface area contributed by atoms with E-state index >= 15 is 0 Å². The standard InChI is InChI=1S/C26H29N5OS2/c1-16-15-28-26(30-20-6-8-21(9-7-20)32-14-12-19-5-4-13-27-19)31-24(16)22-10-11-23(34-22)25-17(2)29-18(3)33-25/h6-11,15,19,27H,4-5,12-14H2,1-3H3,(H,28,30,31). The fourth-order valence-corrected chi connectivity index (χ4v) is 6.33. The lowest BCUT2D eigenvalue weighted by Crippen LogP contribution is -2.23. The average molecular weight is 492 g/mol. The van der Waals surface area contributed by atoms with Crippen LogP contribution >= 0.6 is 22.7 Å². The molecular weight excluding hydrogens is 462 g/mol. The SMILES string of the molecule is Cc1nc(C)c(-c2ccc(-c3nc(Nc4ccc(OCCC5CCCN5)cc4)ncc3C)s2)s1. The summed E-state index contributed by atoms with van der Waals surface area (Å²) in [4.78, 5) is 17.5. The van der Waals surface area contributed by atoms with Gasteiger partial charge in [-0.2, -0.15) is 0 Å². The molecule has 0 amide bonds. The molecule has 0 spiro atoms. The molecule has 4 heterocycles. The third-order valence-electron chi connectivity index (χ3n) is 5.95. The third kappa shape index (κ3) is 5.29. The predicted octanol–water partition coefficient (Wildman–Crippen LogP) is 6.52. The molecule has 34 heavy (non-hydrogen) atoms. The van der Waals surface area contributed by atoms with Crippen molar-refractivity contribution in [2.45, 2.75) is 46.1 Å². The summed E-state index contributed by atoms with van der Waals surface area (Å²) in [5.41, 5.74) is 4.02. The first kappa shape index (κ1) is 23.0. The fraction of sp³-hybridized carbons (Fsp3) is 0.346. The first-order chi connectivity index (χ1) is 16.5. The van der Waals surface area contributed by atoms with Crippen LogP contribution in [0.3, 0.4) is 0 Å². The molecule has 6 nitrogen and oxygen atoms in total. The molecule has 0 bridgehead atoms. The number of hydrogen-bond donors (Lipinski definition) is 2. The Morgan fingerprint density at radius 3 is 2.59 bits per heavy atom. The molecule has 1 unspecified atom stereocenters. The van der Waals surface area contributed by atoms with Gasteiger partial charge in [0, 0.05) is 22.8 Å². The summed E-state index contributed by atoms with van der Waals surface area (Å²) in [6.45, 7) is 8.03. The van der Waals surface area contributed by atoms with E-state index in [2.05, 4.69) is 46.6 Å². The topological polar surface area (TPSA) is 72.0 Å². The second-order valence-corrected chi connectivity index (χ2v) is 10.9. The molecule has 0 radical (unpaired) electrons. The number of ether oxygens (including phenoxy) is 1. The van der Waals surface area contributed by atoms with E-state index in [1.807, 2.05) is 37.4 Å². The van der Waals surface area contributed by atoms with Gasteiger partial charge in [0.2, 0.25) is 5.95 Å². The van der Waals surface area contributed by atoms with Crippen molar-refractivity contribution in [2.75, 3.05) is 18.5 Å². The van der Waals surface area contributed by atoms with Gasteiger partial charge in [0.05, 0.1) is 32.8 Å². The summed E-state index contributed by atoms with van der Waals surface area (Å²) in [6.07, 6.45) is 5.45. The van der Waals surface area contributed by atoms with Gasteiger partial charge in [-0.3, -0.25) is 0 Å². The minimum absolute atomic E-state index is 0.585. The van der Waals surface area contributed by atoms with Crippen LogP contribution in [0, 0.1) is 20.8 Å². The molecule has 3 aromatic heterocycles. The number of hydrogen-bond acceptors (Lipinski definition) is 8. The highest BCUT2D eigenvalue weighted by Gasteiger charge is 2.15. The van der Waals surface area contributed by atoms with Gasteiger partial charge in [-0.15, -0.1) is 22.7 Å². The Bertz CT molecular complexity index is 1260. The summed E-state index contributed by atoms with van der Waals surface area (Å²) >= 11 is 3.48. The number of nitrogens with zero attached hydrogens (tertiary/aromatic N) is 3. The number of anilines is 2. The van der Waals surface area contributed by atoms with E-state index in [4.69, 9.17) is 9.72 Å². The van der Waals surface area contributed by atoms with Crippen LogP contribution in [-0.2, 0) is 0 Å². The first-order valence-electron chi connectivity index (χ1n) is 11.7. The highest BCUT2D eigenvalue weighted by atomic mass is 32.1. The number of aromatic nitrogens is 3. The van der Waals surface area contributed by atoms with Gasteiger partial charge >= 0.3 is 0 Å². The zero-order valence-corrected chi connectivity index (χ0v) is 21.4. The van der Waals surface area contributed by atoms with E-state index in [0.29, 0.717) is 12.0 Å². The molecule has 176 valence electrons. The molecule has 0 aliphatic carbocycles. The molecule has 8 heteroatoms. The Kier molecular flexibility index (Phi) is 6.89. The van der Waals surface area contributed by atoms with Gasteiger partial charge in [-0.1, -0.05) is 0 Å². The van der Waals surface area contributed by atoms with Crippen molar-refractivity contribution < 1.29 is 4.74 Å². The molecule has 2 N–H and O–H groups in total. The Balaban J connectivity index is 1.25. The maximum atomic E-state index is 5.91.